The van der Waals surface area contributed by atoms with Crippen molar-refractivity contribution >= 4 is 23.6 Å². The number of esters is 1. The Balaban J connectivity index is 1.98. The first-order valence-electron chi connectivity index (χ1n) is 9.54. The topological polar surface area (TPSA) is 73.9 Å². The van der Waals surface area contributed by atoms with Crippen LogP contribution in [0.2, 0.25) is 0 Å². The molecule has 0 fully saturated rings. The van der Waals surface area contributed by atoms with E-state index in [2.05, 4.69) is 5.32 Å². The maximum atomic E-state index is 12.2. The molecule has 0 saturated carbocycles. The van der Waals surface area contributed by atoms with Gasteiger partial charge in [0.25, 0.3) is 0 Å². The van der Waals surface area contributed by atoms with Crippen LogP contribution < -0.4 is 14.8 Å². The first-order valence-corrected chi connectivity index (χ1v) is 9.54. The molecule has 0 spiro atoms. The Hall–Kier alpha value is -3.28. The quantitative estimate of drug-likeness (QED) is 0.490. The van der Waals surface area contributed by atoms with E-state index in [1.165, 1.54) is 6.08 Å². The van der Waals surface area contributed by atoms with E-state index in [4.69, 9.17) is 14.2 Å². The number of rotatable bonds is 9. The second-order valence-corrected chi connectivity index (χ2v) is 6.61. The average Bonchev–Trinajstić information content (AvgIpc) is 2.71. The summed E-state index contributed by atoms with van der Waals surface area (Å²) in [6, 6.07) is 12.0. The number of hydrogen-bond acceptors (Lipinski definition) is 5. The summed E-state index contributed by atoms with van der Waals surface area (Å²) in [6.07, 6.45) is 3.93. The second kappa shape index (κ2) is 10.9. The molecule has 6 heteroatoms. The van der Waals surface area contributed by atoms with Crippen LogP contribution in [-0.2, 0) is 9.53 Å². The first-order chi connectivity index (χ1) is 13.9. The smallest absolute Gasteiger partial charge is 0.338 e. The lowest BCUT2D eigenvalue weighted by Gasteiger charge is -2.13. The third-order valence-electron chi connectivity index (χ3n) is 3.80. The summed E-state index contributed by atoms with van der Waals surface area (Å²) in [4.78, 5) is 24.0. The SMILES string of the molecule is CCCOC(=O)c1ccc(NC(=O)/C=C/c2ccc(OC(C)C)c(OC)c2)cc1. The molecular formula is C23H27NO5. The van der Waals surface area contributed by atoms with E-state index in [1.54, 1.807) is 43.5 Å². The molecule has 6 nitrogen and oxygen atoms in total. The molecule has 2 aromatic carbocycles. The number of nitrogens with one attached hydrogen (secondary N) is 1. The minimum Gasteiger partial charge on any atom is -0.493 e. The van der Waals surface area contributed by atoms with Crippen molar-refractivity contribution in [3.63, 3.8) is 0 Å². The Kier molecular flexibility index (Phi) is 8.27. The lowest BCUT2D eigenvalue weighted by atomic mass is 10.1. The van der Waals surface area contributed by atoms with Crippen molar-refractivity contribution in [2.24, 2.45) is 0 Å². The molecule has 0 atom stereocenters. The van der Waals surface area contributed by atoms with E-state index in [0.717, 1.165) is 12.0 Å². The molecule has 1 amide bonds. The highest BCUT2D eigenvalue weighted by Gasteiger charge is 2.08. The zero-order chi connectivity index (χ0) is 21.2. The van der Waals surface area contributed by atoms with Gasteiger partial charge in [-0.05, 0) is 68.3 Å². The molecule has 0 aliphatic heterocycles. The van der Waals surface area contributed by atoms with Crippen LogP contribution in [-0.4, -0.2) is 31.7 Å². The van der Waals surface area contributed by atoms with E-state index in [9.17, 15) is 9.59 Å². The van der Waals surface area contributed by atoms with Crippen molar-refractivity contribution in [1.29, 1.82) is 0 Å². The standard InChI is InChI=1S/C23H27NO5/c1-5-14-28-23(26)18-8-10-19(11-9-18)24-22(25)13-7-17-6-12-20(29-16(2)3)21(15-17)27-4/h6-13,15-16H,5,14H2,1-4H3,(H,24,25)/b13-7+. The van der Waals surface area contributed by atoms with Gasteiger partial charge in [-0.2, -0.15) is 0 Å². The molecule has 29 heavy (non-hydrogen) atoms. The van der Waals surface area contributed by atoms with Crippen molar-refractivity contribution in [3.05, 3.63) is 59.7 Å². The summed E-state index contributed by atoms with van der Waals surface area (Å²) in [5.74, 6) is 0.602. The molecular weight excluding hydrogens is 370 g/mol. The van der Waals surface area contributed by atoms with Crippen LogP contribution in [0.3, 0.4) is 0 Å². The van der Waals surface area contributed by atoms with Crippen LogP contribution >= 0.6 is 0 Å². The number of amides is 1. The van der Waals surface area contributed by atoms with Gasteiger partial charge in [0.2, 0.25) is 5.91 Å². The predicted octanol–water partition coefficient (Wildman–Crippen LogP) is 4.70. The number of methoxy groups -OCH3 is 1. The Morgan fingerprint density at radius 1 is 1.07 bits per heavy atom. The van der Waals surface area contributed by atoms with Gasteiger partial charge >= 0.3 is 5.97 Å². The maximum absolute atomic E-state index is 12.2. The van der Waals surface area contributed by atoms with E-state index in [0.29, 0.717) is 29.4 Å². The molecule has 0 aliphatic carbocycles. The largest absolute Gasteiger partial charge is 0.493 e. The molecule has 0 heterocycles. The van der Waals surface area contributed by atoms with Crippen molar-refractivity contribution in [2.75, 3.05) is 19.0 Å². The third kappa shape index (κ3) is 6.99. The Morgan fingerprint density at radius 3 is 2.41 bits per heavy atom. The number of carbonyl (C=O) groups is 2. The van der Waals surface area contributed by atoms with Gasteiger partial charge in [-0.1, -0.05) is 13.0 Å². The highest BCUT2D eigenvalue weighted by atomic mass is 16.5. The maximum Gasteiger partial charge on any atom is 0.338 e. The average molecular weight is 397 g/mol. The van der Waals surface area contributed by atoms with Gasteiger partial charge in [-0.15, -0.1) is 0 Å². The Labute approximate surface area is 171 Å². The lowest BCUT2D eigenvalue weighted by Crippen LogP contribution is -2.09. The summed E-state index contributed by atoms with van der Waals surface area (Å²) < 4.78 is 16.1. The fourth-order valence-corrected chi connectivity index (χ4v) is 2.46. The van der Waals surface area contributed by atoms with Gasteiger partial charge in [0.1, 0.15) is 0 Å². The number of anilines is 1. The normalized spacial score (nSPS) is 10.8. The van der Waals surface area contributed by atoms with Crippen molar-refractivity contribution < 1.29 is 23.8 Å². The van der Waals surface area contributed by atoms with Crippen LogP contribution in [0.1, 0.15) is 43.1 Å². The summed E-state index contributed by atoms with van der Waals surface area (Å²) in [6.45, 7) is 6.21. The Morgan fingerprint density at radius 2 is 1.79 bits per heavy atom. The third-order valence-corrected chi connectivity index (χ3v) is 3.80. The van der Waals surface area contributed by atoms with Gasteiger partial charge < -0.3 is 19.5 Å². The zero-order valence-electron chi connectivity index (χ0n) is 17.2. The summed E-state index contributed by atoms with van der Waals surface area (Å²) >= 11 is 0. The molecule has 0 aromatic heterocycles. The number of ether oxygens (including phenoxy) is 3. The molecule has 0 saturated heterocycles. The van der Waals surface area contributed by atoms with Crippen LogP contribution in [0.15, 0.2) is 48.5 Å². The number of benzene rings is 2. The van der Waals surface area contributed by atoms with Gasteiger partial charge in [-0.25, -0.2) is 4.79 Å². The monoisotopic (exact) mass is 397 g/mol. The number of carbonyl (C=O) groups excluding carboxylic acids is 2. The van der Waals surface area contributed by atoms with Crippen LogP contribution in [0.25, 0.3) is 6.08 Å². The van der Waals surface area contributed by atoms with Gasteiger partial charge in [0.15, 0.2) is 11.5 Å². The highest BCUT2D eigenvalue weighted by Crippen LogP contribution is 2.29. The first kappa shape index (κ1) is 22.0. The fraction of sp³-hybridized carbons (Fsp3) is 0.304. The minimum atomic E-state index is -0.372. The van der Waals surface area contributed by atoms with E-state index >= 15 is 0 Å². The van der Waals surface area contributed by atoms with E-state index in [-0.39, 0.29) is 18.0 Å². The van der Waals surface area contributed by atoms with Gasteiger partial charge in [0.05, 0.1) is 25.4 Å². The molecule has 154 valence electrons. The van der Waals surface area contributed by atoms with Crippen molar-refractivity contribution in [3.8, 4) is 11.5 Å². The van der Waals surface area contributed by atoms with Gasteiger partial charge in [0, 0.05) is 11.8 Å². The predicted molar refractivity (Wildman–Crippen MR) is 113 cm³/mol. The summed E-state index contributed by atoms with van der Waals surface area (Å²) in [5, 5.41) is 2.75. The minimum absolute atomic E-state index is 0.0379. The second-order valence-electron chi connectivity index (χ2n) is 6.61. The molecule has 2 aromatic rings. The lowest BCUT2D eigenvalue weighted by molar-refractivity contribution is -0.111. The Bertz CT molecular complexity index is 856. The van der Waals surface area contributed by atoms with E-state index < -0.39 is 0 Å². The van der Waals surface area contributed by atoms with Crippen molar-refractivity contribution in [1.82, 2.24) is 0 Å². The molecule has 1 N–H and O–H groups in total. The summed E-state index contributed by atoms with van der Waals surface area (Å²) in [7, 11) is 1.57. The van der Waals surface area contributed by atoms with E-state index in [1.807, 2.05) is 32.9 Å². The van der Waals surface area contributed by atoms with Crippen LogP contribution in [0.5, 0.6) is 11.5 Å². The molecule has 2 rings (SSSR count). The molecule has 0 aliphatic rings. The highest BCUT2D eigenvalue weighted by molar-refractivity contribution is 6.02. The molecule has 0 bridgehead atoms. The molecule has 0 radical (unpaired) electrons. The zero-order valence-corrected chi connectivity index (χ0v) is 17.2. The summed E-state index contributed by atoms with van der Waals surface area (Å²) in [5.41, 5.74) is 1.84. The van der Waals surface area contributed by atoms with Crippen LogP contribution in [0.4, 0.5) is 5.69 Å². The number of hydrogen-bond donors (Lipinski definition) is 1. The fourth-order valence-electron chi connectivity index (χ4n) is 2.46. The van der Waals surface area contributed by atoms with Crippen molar-refractivity contribution in [2.45, 2.75) is 33.3 Å². The molecule has 0 unspecified atom stereocenters. The van der Waals surface area contributed by atoms with Gasteiger partial charge in [-0.3, -0.25) is 4.79 Å². The van der Waals surface area contributed by atoms with Crippen LogP contribution in [0, 0.1) is 0 Å².